The van der Waals surface area contributed by atoms with Gasteiger partial charge < -0.3 is 14.7 Å². The number of hydrogen-bond donors (Lipinski definition) is 1. The van der Waals surface area contributed by atoms with E-state index in [0.717, 1.165) is 5.56 Å². The summed E-state index contributed by atoms with van der Waals surface area (Å²) in [4.78, 5) is 35.7. The zero-order valence-electron chi connectivity index (χ0n) is 16.2. The molecular weight excluding hydrogens is 382 g/mol. The van der Waals surface area contributed by atoms with Gasteiger partial charge in [-0.1, -0.05) is 12.1 Å². The second-order valence-electron chi connectivity index (χ2n) is 6.77. The van der Waals surface area contributed by atoms with E-state index in [9.17, 15) is 14.7 Å². The maximum absolute atomic E-state index is 13.0. The normalized spacial score (nSPS) is 17.9. The average molecular weight is 401 g/mol. The van der Waals surface area contributed by atoms with E-state index in [0.29, 0.717) is 17.0 Å². The predicted octanol–water partition coefficient (Wildman–Crippen LogP) is 3.11. The summed E-state index contributed by atoms with van der Waals surface area (Å²) in [6.45, 7) is 0.166. The zero-order valence-corrected chi connectivity index (χ0v) is 16.2. The molecule has 1 saturated heterocycles. The Labute approximate surface area is 173 Å². The molecule has 1 fully saturated rings. The van der Waals surface area contributed by atoms with Gasteiger partial charge in [-0.2, -0.15) is 0 Å². The summed E-state index contributed by atoms with van der Waals surface area (Å²) in [6.07, 6.45) is 4.86. The number of ether oxygens (including phenoxy) is 1. The SMILES string of the molecule is COc1ccc(/C(O)=C2\C(=O)C(=O)N(Cc3cccnc3)C2c2ccccn2)cc1. The number of amides is 1. The van der Waals surface area contributed by atoms with Gasteiger partial charge in [-0.25, -0.2) is 0 Å². The maximum atomic E-state index is 13.0. The molecule has 7 heteroatoms. The number of aliphatic hydroxyl groups is 1. The number of carbonyl (C=O) groups is 2. The molecule has 7 nitrogen and oxygen atoms in total. The molecule has 0 spiro atoms. The minimum atomic E-state index is -0.812. The molecule has 30 heavy (non-hydrogen) atoms. The molecule has 1 aliphatic heterocycles. The van der Waals surface area contributed by atoms with Crippen LogP contribution in [-0.2, 0) is 16.1 Å². The van der Waals surface area contributed by atoms with Crippen LogP contribution in [0.5, 0.6) is 5.75 Å². The predicted molar refractivity (Wildman–Crippen MR) is 109 cm³/mol. The topological polar surface area (TPSA) is 92.6 Å². The van der Waals surface area contributed by atoms with Crippen molar-refractivity contribution in [3.05, 3.63) is 95.6 Å². The van der Waals surface area contributed by atoms with Gasteiger partial charge in [0.1, 0.15) is 17.6 Å². The lowest BCUT2D eigenvalue weighted by atomic mass is 9.98. The largest absolute Gasteiger partial charge is 0.507 e. The summed E-state index contributed by atoms with van der Waals surface area (Å²) >= 11 is 0. The van der Waals surface area contributed by atoms with Gasteiger partial charge in [0.15, 0.2) is 0 Å². The number of rotatable bonds is 5. The molecule has 0 saturated carbocycles. The van der Waals surface area contributed by atoms with E-state index in [-0.39, 0.29) is 17.9 Å². The summed E-state index contributed by atoms with van der Waals surface area (Å²) < 4.78 is 5.14. The van der Waals surface area contributed by atoms with Crippen molar-refractivity contribution in [3.8, 4) is 5.75 Å². The number of methoxy groups -OCH3 is 1. The summed E-state index contributed by atoms with van der Waals surface area (Å²) in [7, 11) is 1.54. The number of aromatic nitrogens is 2. The van der Waals surface area contributed by atoms with E-state index in [1.165, 1.54) is 4.90 Å². The number of hydrogen-bond acceptors (Lipinski definition) is 6. The number of Topliss-reactive ketones (excluding diaryl/α,β-unsaturated/α-hetero) is 1. The van der Waals surface area contributed by atoms with Crippen molar-refractivity contribution in [2.24, 2.45) is 0 Å². The van der Waals surface area contributed by atoms with E-state index < -0.39 is 17.7 Å². The Morgan fingerprint density at radius 2 is 1.87 bits per heavy atom. The van der Waals surface area contributed by atoms with Crippen LogP contribution in [0.2, 0.25) is 0 Å². The first-order valence-corrected chi connectivity index (χ1v) is 9.33. The first kappa shape index (κ1) is 19.3. The van der Waals surface area contributed by atoms with Crippen LogP contribution in [0.1, 0.15) is 22.9 Å². The van der Waals surface area contributed by atoms with Gasteiger partial charge >= 0.3 is 0 Å². The first-order chi connectivity index (χ1) is 14.6. The Balaban J connectivity index is 1.83. The van der Waals surface area contributed by atoms with Crippen molar-refractivity contribution in [2.75, 3.05) is 7.11 Å². The standard InChI is InChI=1S/C23H19N3O4/c1-30-17-9-7-16(8-10-17)21(27)19-20(18-6-2-3-12-25-18)26(23(29)22(19)28)14-15-5-4-11-24-13-15/h2-13,20,27H,14H2,1H3/b21-19+. The van der Waals surface area contributed by atoms with Crippen molar-refractivity contribution in [1.82, 2.24) is 14.9 Å². The fourth-order valence-electron chi connectivity index (χ4n) is 3.48. The molecule has 2 aromatic heterocycles. The number of aliphatic hydroxyl groups excluding tert-OH is 1. The molecule has 1 aliphatic rings. The Bertz CT molecular complexity index is 1100. The average Bonchev–Trinajstić information content (AvgIpc) is 3.05. The molecule has 1 unspecified atom stereocenters. The number of ketones is 1. The smallest absolute Gasteiger partial charge is 0.296 e. The highest BCUT2D eigenvalue weighted by molar-refractivity contribution is 6.46. The van der Waals surface area contributed by atoms with Crippen LogP contribution in [0.25, 0.3) is 5.76 Å². The van der Waals surface area contributed by atoms with Crippen molar-refractivity contribution in [3.63, 3.8) is 0 Å². The van der Waals surface area contributed by atoms with Gasteiger partial charge in [0.2, 0.25) is 0 Å². The van der Waals surface area contributed by atoms with E-state index in [2.05, 4.69) is 9.97 Å². The van der Waals surface area contributed by atoms with E-state index in [1.807, 2.05) is 6.07 Å². The lowest BCUT2D eigenvalue weighted by Gasteiger charge is -2.24. The van der Waals surface area contributed by atoms with Crippen LogP contribution in [0.4, 0.5) is 0 Å². The fraction of sp³-hybridized carbons (Fsp3) is 0.130. The molecule has 3 aromatic rings. The van der Waals surface area contributed by atoms with Gasteiger partial charge in [-0.15, -0.1) is 0 Å². The van der Waals surface area contributed by atoms with Crippen LogP contribution < -0.4 is 4.74 Å². The molecule has 0 aliphatic carbocycles. The number of carbonyl (C=O) groups excluding carboxylic acids is 2. The molecule has 1 atom stereocenters. The van der Waals surface area contributed by atoms with Crippen LogP contribution >= 0.6 is 0 Å². The Hall–Kier alpha value is -4.00. The quantitative estimate of drug-likeness (QED) is 0.401. The third-order valence-corrected chi connectivity index (χ3v) is 4.95. The lowest BCUT2D eigenvalue weighted by Crippen LogP contribution is -2.29. The van der Waals surface area contributed by atoms with Crippen molar-refractivity contribution in [1.29, 1.82) is 0 Å². The van der Waals surface area contributed by atoms with Crippen molar-refractivity contribution < 1.29 is 19.4 Å². The van der Waals surface area contributed by atoms with Crippen LogP contribution in [0.3, 0.4) is 0 Å². The summed E-state index contributed by atoms with van der Waals surface area (Å²) in [5.74, 6) is -1.07. The summed E-state index contributed by atoms with van der Waals surface area (Å²) in [5, 5.41) is 11.0. The van der Waals surface area contributed by atoms with Crippen molar-refractivity contribution >= 4 is 17.4 Å². The molecule has 0 bridgehead atoms. The molecule has 0 radical (unpaired) electrons. The maximum Gasteiger partial charge on any atom is 0.296 e. The van der Waals surface area contributed by atoms with Gasteiger partial charge in [0.25, 0.3) is 11.7 Å². The van der Waals surface area contributed by atoms with E-state index in [1.54, 1.807) is 74.2 Å². The molecule has 1 amide bonds. The first-order valence-electron chi connectivity index (χ1n) is 9.33. The second kappa shape index (κ2) is 8.16. The monoisotopic (exact) mass is 401 g/mol. The minimum absolute atomic E-state index is 0.00718. The third-order valence-electron chi connectivity index (χ3n) is 4.95. The highest BCUT2D eigenvalue weighted by Gasteiger charge is 2.46. The molecule has 1 aromatic carbocycles. The molecule has 150 valence electrons. The number of likely N-dealkylation sites (tertiary alicyclic amines) is 1. The number of pyridine rings is 2. The number of nitrogens with zero attached hydrogens (tertiary/aromatic N) is 3. The zero-order chi connectivity index (χ0) is 21.1. The number of benzene rings is 1. The molecular formula is C23H19N3O4. The molecule has 1 N–H and O–H groups in total. The Morgan fingerprint density at radius 3 is 2.50 bits per heavy atom. The minimum Gasteiger partial charge on any atom is -0.507 e. The van der Waals surface area contributed by atoms with Gasteiger partial charge in [0, 0.05) is 30.7 Å². The van der Waals surface area contributed by atoms with E-state index >= 15 is 0 Å². The lowest BCUT2D eigenvalue weighted by molar-refractivity contribution is -0.140. The molecule has 4 rings (SSSR count). The van der Waals surface area contributed by atoms with Gasteiger partial charge in [-0.05, 0) is 48.0 Å². The third kappa shape index (κ3) is 3.53. The highest BCUT2D eigenvalue weighted by atomic mass is 16.5. The summed E-state index contributed by atoms with van der Waals surface area (Å²) in [5.41, 5.74) is 1.68. The summed E-state index contributed by atoms with van der Waals surface area (Å²) in [6, 6.07) is 14.7. The van der Waals surface area contributed by atoms with Gasteiger partial charge in [0.05, 0.1) is 18.4 Å². The van der Waals surface area contributed by atoms with Crippen molar-refractivity contribution in [2.45, 2.75) is 12.6 Å². The van der Waals surface area contributed by atoms with Crippen LogP contribution in [-0.4, -0.2) is 38.8 Å². The molecule has 3 heterocycles. The highest BCUT2D eigenvalue weighted by Crippen LogP contribution is 2.39. The van der Waals surface area contributed by atoms with Gasteiger partial charge in [-0.3, -0.25) is 19.6 Å². The van der Waals surface area contributed by atoms with Crippen LogP contribution in [0.15, 0.2) is 78.8 Å². The Kier molecular flexibility index (Phi) is 5.26. The van der Waals surface area contributed by atoms with E-state index in [4.69, 9.17) is 4.74 Å². The fourth-order valence-corrected chi connectivity index (χ4v) is 3.48. The Morgan fingerprint density at radius 1 is 1.07 bits per heavy atom. The van der Waals surface area contributed by atoms with Crippen LogP contribution in [0, 0.1) is 0 Å². The second-order valence-corrected chi connectivity index (χ2v) is 6.77.